The molecule has 0 bridgehead atoms. The lowest BCUT2D eigenvalue weighted by Gasteiger charge is -2.14. The maximum Gasteiger partial charge on any atom is 0.291 e. The number of nitro benzene ring substituents is 1. The van der Waals surface area contributed by atoms with Crippen molar-refractivity contribution >= 4 is 28.9 Å². The number of aryl methyl sites for hydroxylation is 1. The Morgan fingerprint density at radius 1 is 1.26 bits per heavy atom. The van der Waals surface area contributed by atoms with Gasteiger partial charge < -0.3 is 19.6 Å². The van der Waals surface area contributed by atoms with Gasteiger partial charge in [-0.25, -0.2) is 0 Å². The summed E-state index contributed by atoms with van der Waals surface area (Å²) in [5, 5.41) is 24.0. The van der Waals surface area contributed by atoms with Crippen molar-refractivity contribution in [1.82, 2.24) is 0 Å². The lowest BCUT2D eigenvalue weighted by Crippen LogP contribution is -2.12. The van der Waals surface area contributed by atoms with Crippen LogP contribution >= 0.6 is 11.6 Å². The minimum Gasteiger partial charge on any atom is -0.508 e. The van der Waals surface area contributed by atoms with Gasteiger partial charge in [-0.1, -0.05) is 25.4 Å². The first-order valence-corrected chi connectivity index (χ1v) is 9.83. The van der Waals surface area contributed by atoms with Crippen LogP contribution in [0, 0.1) is 17.0 Å². The molecule has 0 fully saturated rings. The van der Waals surface area contributed by atoms with Crippen molar-refractivity contribution in [2.24, 2.45) is 0 Å². The molecule has 0 atom stereocenters. The molecule has 0 aliphatic rings. The third-order valence-corrected chi connectivity index (χ3v) is 4.94. The Hall–Kier alpha value is -3.52. The number of hydrogen-bond acceptors (Lipinski definition) is 6. The summed E-state index contributed by atoms with van der Waals surface area (Å²) in [5.74, 6) is 0.370. The van der Waals surface area contributed by atoms with E-state index in [9.17, 15) is 20.0 Å². The summed E-state index contributed by atoms with van der Waals surface area (Å²) in [5.41, 5.74) is 1.86. The number of nitro groups is 1. The third kappa shape index (κ3) is 5.16. The number of halogens is 1. The summed E-state index contributed by atoms with van der Waals surface area (Å²) >= 11 is 6.01. The molecule has 3 aromatic rings. The highest BCUT2D eigenvalue weighted by molar-refractivity contribution is 6.32. The van der Waals surface area contributed by atoms with Gasteiger partial charge in [-0.05, 0) is 54.3 Å². The normalized spacial score (nSPS) is 10.9. The molecule has 1 aromatic heterocycles. The second kappa shape index (κ2) is 9.09. The highest BCUT2D eigenvalue weighted by atomic mass is 35.5. The van der Waals surface area contributed by atoms with Crippen molar-refractivity contribution < 1.29 is 24.0 Å². The van der Waals surface area contributed by atoms with Crippen molar-refractivity contribution in [2.45, 2.75) is 33.3 Å². The van der Waals surface area contributed by atoms with Gasteiger partial charge in [-0.3, -0.25) is 14.9 Å². The number of benzene rings is 2. The second-order valence-electron chi connectivity index (χ2n) is 7.26. The molecule has 1 heterocycles. The number of furan rings is 1. The average Bonchev–Trinajstić information content (AvgIpc) is 3.18. The number of nitrogens with zero attached hydrogens (tertiary/aromatic N) is 1. The molecule has 31 heavy (non-hydrogen) atoms. The number of non-ortho nitro benzene ring substituents is 1. The fourth-order valence-electron chi connectivity index (χ4n) is 2.93. The highest BCUT2D eigenvalue weighted by Gasteiger charge is 2.16. The van der Waals surface area contributed by atoms with E-state index >= 15 is 0 Å². The van der Waals surface area contributed by atoms with Gasteiger partial charge in [0, 0.05) is 11.8 Å². The van der Waals surface area contributed by atoms with Crippen LogP contribution in [-0.4, -0.2) is 15.9 Å². The van der Waals surface area contributed by atoms with E-state index < -0.39 is 10.8 Å². The zero-order valence-electron chi connectivity index (χ0n) is 17.1. The number of amides is 1. The van der Waals surface area contributed by atoms with Crippen LogP contribution in [0.4, 0.5) is 11.4 Å². The summed E-state index contributed by atoms with van der Waals surface area (Å²) < 4.78 is 11.0. The summed E-state index contributed by atoms with van der Waals surface area (Å²) in [6.07, 6.45) is 0. The van der Waals surface area contributed by atoms with Gasteiger partial charge in [0.25, 0.3) is 11.6 Å². The quantitative estimate of drug-likeness (QED) is 0.270. The van der Waals surface area contributed by atoms with E-state index in [-0.39, 0.29) is 40.5 Å². The van der Waals surface area contributed by atoms with Gasteiger partial charge in [0.1, 0.15) is 23.9 Å². The van der Waals surface area contributed by atoms with Gasteiger partial charge in [0.15, 0.2) is 5.76 Å². The number of ether oxygens (including phenoxy) is 1. The van der Waals surface area contributed by atoms with Crippen molar-refractivity contribution in [2.75, 3.05) is 5.32 Å². The first-order chi connectivity index (χ1) is 14.7. The van der Waals surface area contributed by atoms with Crippen LogP contribution in [-0.2, 0) is 6.61 Å². The zero-order chi connectivity index (χ0) is 22.7. The van der Waals surface area contributed by atoms with Crippen LogP contribution in [0.2, 0.25) is 5.02 Å². The molecule has 0 saturated carbocycles. The molecule has 0 saturated heterocycles. The predicted octanol–water partition coefficient (Wildman–Crippen LogP) is 5.81. The van der Waals surface area contributed by atoms with Crippen molar-refractivity contribution in [1.29, 1.82) is 0 Å². The Bertz CT molecular complexity index is 1140. The molecule has 8 nitrogen and oxygen atoms in total. The molecule has 9 heteroatoms. The Kier molecular flexibility index (Phi) is 6.50. The van der Waals surface area contributed by atoms with E-state index in [0.29, 0.717) is 17.0 Å². The summed E-state index contributed by atoms with van der Waals surface area (Å²) in [6, 6.07) is 10.3. The number of rotatable bonds is 7. The molecular weight excluding hydrogens is 424 g/mol. The van der Waals surface area contributed by atoms with Gasteiger partial charge in [0.05, 0.1) is 16.0 Å². The number of hydrogen-bond donors (Lipinski definition) is 2. The first-order valence-electron chi connectivity index (χ1n) is 9.46. The number of carbonyl (C=O) groups excluding carboxylic acids is 1. The molecule has 0 spiro atoms. The van der Waals surface area contributed by atoms with Gasteiger partial charge in [-0.2, -0.15) is 0 Å². The highest BCUT2D eigenvalue weighted by Crippen LogP contribution is 2.32. The fourth-order valence-corrected chi connectivity index (χ4v) is 3.11. The van der Waals surface area contributed by atoms with Gasteiger partial charge >= 0.3 is 0 Å². The van der Waals surface area contributed by atoms with E-state index in [4.69, 9.17) is 20.8 Å². The molecule has 162 valence electrons. The first kappa shape index (κ1) is 22.2. The standard InChI is InChI=1S/C22H21ClN2O6/c1-12(2)16-10-18(13(3)8-19(16)26)24-22(27)20-7-5-15(31-20)11-30-21-9-14(25(28)29)4-6-17(21)23/h4-10,12,26H,11H2,1-3H3,(H,24,27). The molecule has 3 rings (SSSR count). The van der Waals surface area contributed by atoms with E-state index in [1.165, 1.54) is 24.3 Å². The number of phenolic OH excluding ortho intramolecular Hbond substituents is 1. The van der Waals surface area contributed by atoms with Crippen molar-refractivity contribution in [3.05, 3.63) is 80.2 Å². The smallest absolute Gasteiger partial charge is 0.291 e. The SMILES string of the molecule is Cc1cc(O)c(C(C)C)cc1NC(=O)c1ccc(COc2cc([N+](=O)[O-])ccc2Cl)o1. The van der Waals surface area contributed by atoms with Crippen LogP contribution in [0.25, 0.3) is 0 Å². The second-order valence-corrected chi connectivity index (χ2v) is 7.67. The molecule has 1 amide bonds. The van der Waals surface area contributed by atoms with Crippen LogP contribution in [0.3, 0.4) is 0 Å². The van der Waals surface area contributed by atoms with Crippen molar-refractivity contribution in [3.8, 4) is 11.5 Å². The average molecular weight is 445 g/mol. The Balaban J connectivity index is 1.70. The summed E-state index contributed by atoms with van der Waals surface area (Å²) in [4.78, 5) is 22.9. The largest absolute Gasteiger partial charge is 0.508 e. The summed E-state index contributed by atoms with van der Waals surface area (Å²) in [6.45, 7) is 5.61. The zero-order valence-corrected chi connectivity index (χ0v) is 17.9. The number of carbonyl (C=O) groups is 1. The Labute approximate surface area is 183 Å². The molecule has 2 N–H and O–H groups in total. The summed E-state index contributed by atoms with van der Waals surface area (Å²) in [7, 11) is 0. The molecular formula is C22H21ClN2O6. The minimum absolute atomic E-state index is 0.0656. The van der Waals surface area contributed by atoms with Gasteiger partial charge in [-0.15, -0.1) is 0 Å². The van der Waals surface area contributed by atoms with Crippen LogP contribution < -0.4 is 10.1 Å². The number of anilines is 1. The number of phenols is 1. The number of nitrogens with one attached hydrogen (secondary N) is 1. The van der Waals surface area contributed by atoms with E-state index in [1.807, 2.05) is 13.8 Å². The third-order valence-electron chi connectivity index (χ3n) is 4.62. The van der Waals surface area contributed by atoms with E-state index in [1.54, 1.807) is 25.1 Å². The van der Waals surface area contributed by atoms with Crippen molar-refractivity contribution in [3.63, 3.8) is 0 Å². The molecule has 0 radical (unpaired) electrons. The monoisotopic (exact) mass is 444 g/mol. The van der Waals surface area contributed by atoms with Crippen LogP contribution in [0.1, 0.15) is 47.2 Å². The molecule has 0 aliphatic heterocycles. The molecule has 0 unspecified atom stereocenters. The fraction of sp³-hybridized carbons (Fsp3) is 0.227. The van der Waals surface area contributed by atoms with Crippen LogP contribution in [0.5, 0.6) is 11.5 Å². The number of aromatic hydroxyl groups is 1. The Morgan fingerprint density at radius 3 is 2.68 bits per heavy atom. The minimum atomic E-state index is -0.547. The predicted molar refractivity (Wildman–Crippen MR) is 116 cm³/mol. The maximum atomic E-state index is 12.6. The van der Waals surface area contributed by atoms with Gasteiger partial charge in [0.2, 0.25) is 0 Å². The van der Waals surface area contributed by atoms with Crippen LogP contribution in [0.15, 0.2) is 46.9 Å². The topological polar surface area (TPSA) is 115 Å². The lowest BCUT2D eigenvalue weighted by molar-refractivity contribution is -0.384. The molecule has 0 aliphatic carbocycles. The lowest BCUT2D eigenvalue weighted by atomic mass is 9.99. The van der Waals surface area contributed by atoms with E-state index in [0.717, 1.165) is 5.56 Å². The maximum absolute atomic E-state index is 12.6. The molecule has 2 aromatic carbocycles. The van der Waals surface area contributed by atoms with E-state index in [2.05, 4.69) is 5.32 Å². The Morgan fingerprint density at radius 2 is 2.00 bits per heavy atom.